The van der Waals surface area contributed by atoms with Gasteiger partial charge in [0.15, 0.2) is 0 Å². The first-order chi connectivity index (χ1) is 9.76. The summed E-state index contributed by atoms with van der Waals surface area (Å²) in [6, 6.07) is 17.1. The fraction of sp³-hybridized carbons (Fsp3) is 0.222. The molecule has 1 aliphatic carbocycles. The smallest absolute Gasteiger partial charge is 0.118 e. The van der Waals surface area contributed by atoms with E-state index in [1.807, 2.05) is 12.1 Å². The van der Waals surface area contributed by atoms with Gasteiger partial charge in [-0.05, 0) is 47.2 Å². The van der Waals surface area contributed by atoms with Gasteiger partial charge in [0, 0.05) is 6.04 Å². The van der Waals surface area contributed by atoms with E-state index in [4.69, 9.17) is 10.5 Å². The molecular weight excluding hydrogens is 246 g/mol. The van der Waals surface area contributed by atoms with Crippen LogP contribution in [-0.4, -0.2) is 13.2 Å². The lowest BCUT2D eigenvalue weighted by Crippen LogP contribution is -2.11. The third-order valence-electron chi connectivity index (χ3n) is 3.84. The van der Waals surface area contributed by atoms with Crippen LogP contribution in [0.4, 0.5) is 0 Å². The van der Waals surface area contributed by atoms with Crippen LogP contribution in [0.1, 0.15) is 18.4 Å². The van der Waals surface area contributed by atoms with E-state index in [9.17, 15) is 0 Å². The first-order valence-corrected chi connectivity index (χ1v) is 6.97. The molecule has 0 fully saturated rings. The lowest BCUT2D eigenvalue weighted by molar-refractivity contribution is 0.415. The van der Waals surface area contributed by atoms with Crippen LogP contribution in [0.5, 0.6) is 5.75 Å². The molecule has 0 spiro atoms. The van der Waals surface area contributed by atoms with Crippen LogP contribution in [0, 0.1) is 0 Å². The van der Waals surface area contributed by atoms with Crippen molar-refractivity contribution in [1.29, 1.82) is 0 Å². The van der Waals surface area contributed by atoms with E-state index in [2.05, 4.69) is 42.5 Å². The summed E-state index contributed by atoms with van der Waals surface area (Å²) in [4.78, 5) is 0. The van der Waals surface area contributed by atoms with Gasteiger partial charge >= 0.3 is 0 Å². The maximum Gasteiger partial charge on any atom is 0.118 e. The Bertz CT molecular complexity index is 611. The summed E-state index contributed by atoms with van der Waals surface area (Å²) in [6.45, 7) is 0. The zero-order valence-corrected chi connectivity index (χ0v) is 11.7. The van der Waals surface area contributed by atoms with Crippen molar-refractivity contribution in [3.05, 3.63) is 60.2 Å². The molecule has 2 aromatic rings. The Morgan fingerprint density at radius 3 is 1.95 bits per heavy atom. The molecule has 2 aromatic carbocycles. The number of rotatable bonds is 3. The number of nitrogens with two attached hydrogens (primary N) is 1. The van der Waals surface area contributed by atoms with E-state index in [0.29, 0.717) is 0 Å². The van der Waals surface area contributed by atoms with E-state index in [1.54, 1.807) is 7.11 Å². The van der Waals surface area contributed by atoms with E-state index in [-0.39, 0.29) is 6.04 Å². The number of hydrogen-bond donors (Lipinski definition) is 1. The molecule has 20 heavy (non-hydrogen) atoms. The minimum Gasteiger partial charge on any atom is -0.497 e. The molecule has 2 heteroatoms. The van der Waals surface area contributed by atoms with Crippen LogP contribution in [0.25, 0.3) is 16.7 Å². The van der Waals surface area contributed by atoms with Gasteiger partial charge in [0.25, 0.3) is 0 Å². The zero-order chi connectivity index (χ0) is 13.9. The van der Waals surface area contributed by atoms with E-state index in [1.165, 1.54) is 22.3 Å². The summed E-state index contributed by atoms with van der Waals surface area (Å²) < 4.78 is 5.18. The SMILES string of the molecule is COc1ccc(-c2ccc(C3=CC(N)CC3)cc2)cc1. The van der Waals surface area contributed by atoms with Crippen LogP contribution < -0.4 is 10.5 Å². The average molecular weight is 265 g/mol. The fourth-order valence-electron chi connectivity index (χ4n) is 2.65. The highest BCUT2D eigenvalue weighted by atomic mass is 16.5. The number of benzene rings is 2. The topological polar surface area (TPSA) is 35.2 Å². The summed E-state index contributed by atoms with van der Waals surface area (Å²) in [5.41, 5.74) is 11.0. The van der Waals surface area contributed by atoms with Crippen LogP contribution in [0.15, 0.2) is 54.6 Å². The summed E-state index contributed by atoms with van der Waals surface area (Å²) in [7, 11) is 1.68. The third-order valence-corrected chi connectivity index (χ3v) is 3.84. The van der Waals surface area contributed by atoms with Crippen molar-refractivity contribution in [1.82, 2.24) is 0 Å². The van der Waals surface area contributed by atoms with Gasteiger partial charge in [-0.3, -0.25) is 0 Å². The molecule has 0 saturated heterocycles. The highest BCUT2D eigenvalue weighted by molar-refractivity contribution is 5.72. The van der Waals surface area contributed by atoms with Crippen molar-refractivity contribution in [2.75, 3.05) is 7.11 Å². The van der Waals surface area contributed by atoms with E-state index in [0.717, 1.165) is 18.6 Å². The highest BCUT2D eigenvalue weighted by Gasteiger charge is 2.13. The molecule has 2 nitrogen and oxygen atoms in total. The van der Waals surface area contributed by atoms with Gasteiger partial charge in [0.05, 0.1) is 7.11 Å². The van der Waals surface area contributed by atoms with Crippen molar-refractivity contribution >= 4 is 5.57 Å². The molecule has 2 N–H and O–H groups in total. The number of allylic oxidation sites excluding steroid dienone is 1. The molecule has 1 unspecified atom stereocenters. The van der Waals surface area contributed by atoms with Crippen molar-refractivity contribution in [2.45, 2.75) is 18.9 Å². The fourth-order valence-corrected chi connectivity index (χ4v) is 2.65. The Labute approximate surface area is 119 Å². The lowest BCUT2D eigenvalue weighted by atomic mass is 10.00. The van der Waals surface area contributed by atoms with Crippen LogP contribution in [-0.2, 0) is 0 Å². The second kappa shape index (κ2) is 5.51. The predicted molar refractivity (Wildman–Crippen MR) is 83.6 cm³/mol. The van der Waals surface area contributed by atoms with Crippen molar-refractivity contribution < 1.29 is 4.74 Å². The maximum atomic E-state index is 5.92. The summed E-state index contributed by atoms with van der Waals surface area (Å²) in [5.74, 6) is 0.885. The Kier molecular flexibility index (Phi) is 3.57. The molecule has 0 aliphatic heterocycles. The molecule has 3 rings (SSSR count). The molecule has 0 saturated carbocycles. The number of methoxy groups -OCH3 is 1. The van der Waals surface area contributed by atoms with Crippen molar-refractivity contribution in [3.63, 3.8) is 0 Å². The normalized spacial score (nSPS) is 17.9. The molecular formula is C18H19NO. The second-order valence-corrected chi connectivity index (χ2v) is 5.20. The second-order valence-electron chi connectivity index (χ2n) is 5.20. The van der Waals surface area contributed by atoms with Gasteiger partial charge in [-0.2, -0.15) is 0 Å². The summed E-state index contributed by atoms with van der Waals surface area (Å²) in [5, 5.41) is 0. The molecule has 0 radical (unpaired) electrons. The number of ether oxygens (including phenoxy) is 1. The van der Waals surface area contributed by atoms with Crippen molar-refractivity contribution in [3.8, 4) is 16.9 Å². The molecule has 0 bridgehead atoms. The first kappa shape index (κ1) is 12.9. The first-order valence-electron chi connectivity index (χ1n) is 6.97. The average Bonchev–Trinajstić information content (AvgIpc) is 2.94. The van der Waals surface area contributed by atoms with Crippen LogP contribution in [0.2, 0.25) is 0 Å². The van der Waals surface area contributed by atoms with Crippen LogP contribution in [0.3, 0.4) is 0 Å². The Morgan fingerprint density at radius 1 is 0.900 bits per heavy atom. The monoisotopic (exact) mass is 265 g/mol. The molecule has 102 valence electrons. The Balaban J connectivity index is 1.83. The minimum absolute atomic E-state index is 0.228. The highest BCUT2D eigenvalue weighted by Crippen LogP contribution is 2.29. The number of hydrogen-bond acceptors (Lipinski definition) is 2. The standard InChI is InChI=1S/C18H19NO/c1-20-18-10-7-14(8-11-18)13-2-4-15(5-3-13)16-6-9-17(19)12-16/h2-5,7-8,10-12,17H,6,9,19H2,1H3. The lowest BCUT2D eigenvalue weighted by Gasteiger charge is -2.06. The quantitative estimate of drug-likeness (QED) is 0.914. The summed E-state index contributed by atoms with van der Waals surface area (Å²) in [6.07, 6.45) is 4.33. The molecule has 0 aromatic heterocycles. The maximum absolute atomic E-state index is 5.92. The molecule has 0 heterocycles. The van der Waals surface area contributed by atoms with E-state index < -0.39 is 0 Å². The molecule has 1 atom stereocenters. The van der Waals surface area contributed by atoms with Gasteiger partial charge in [0.2, 0.25) is 0 Å². The van der Waals surface area contributed by atoms with Gasteiger partial charge in [0.1, 0.15) is 5.75 Å². The largest absolute Gasteiger partial charge is 0.497 e. The molecule has 0 amide bonds. The Hall–Kier alpha value is -2.06. The molecule has 1 aliphatic rings. The van der Waals surface area contributed by atoms with Gasteiger partial charge in [-0.1, -0.05) is 42.5 Å². The van der Waals surface area contributed by atoms with Crippen molar-refractivity contribution in [2.24, 2.45) is 5.73 Å². The minimum atomic E-state index is 0.228. The van der Waals surface area contributed by atoms with Gasteiger partial charge in [-0.15, -0.1) is 0 Å². The summed E-state index contributed by atoms with van der Waals surface area (Å²) >= 11 is 0. The zero-order valence-electron chi connectivity index (χ0n) is 11.7. The Morgan fingerprint density at radius 2 is 1.45 bits per heavy atom. The van der Waals surface area contributed by atoms with E-state index >= 15 is 0 Å². The van der Waals surface area contributed by atoms with Gasteiger partial charge < -0.3 is 10.5 Å². The predicted octanol–water partition coefficient (Wildman–Crippen LogP) is 3.87. The van der Waals surface area contributed by atoms with Crippen LogP contribution >= 0.6 is 0 Å². The third kappa shape index (κ3) is 2.61. The van der Waals surface area contributed by atoms with Gasteiger partial charge in [-0.25, -0.2) is 0 Å².